The van der Waals surface area contributed by atoms with Gasteiger partial charge in [-0.3, -0.25) is 4.90 Å². The van der Waals surface area contributed by atoms with Crippen LogP contribution in [0.15, 0.2) is 10.4 Å². The zero-order chi connectivity index (χ0) is 13.2. The number of rotatable bonds is 4. The van der Waals surface area contributed by atoms with Crippen LogP contribution in [0, 0.1) is 0 Å². The van der Waals surface area contributed by atoms with Crippen molar-refractivity contribution < 1.29 is 13.5 Å². The molecule has 0 aliphatic carbocycles. The maximum absolute atomic E-state index is 12.2. The van der Waals surface area contributed by atoms with Crippen molar-refractivity contribution >= 4 is 33.0 Å². The first kappa shape index (κ1) is 14.2. The van der Waals surface area contributed by atoms with E-state index in [1.54, 1.807) is 0 Å². The second kappa shape index (κ2) is 5.81. The molecule has 0 spiro atoms. The molecule has 1 aliphatic heterocycles. The summed E-state index contributed by atoms with van der Waals surface area (Å²) in [6.45, 7) is 2.80. The van der Waals surface area contributed by atoms with E-state index in [4.69, 9.17) is 16.7 Å². The van der Waals surface area contributed by atoms with Gasteiger partial charge in [0.1, 0.15) is 0 Å². The van der Waals surface area contributed by atoms with E-state index in [9.17, 15) is 8.42 Å². The Morgan fingerprint density at radius 2 is 2.06 bits per heavy atom. The highest BCUT2D eigenvalue weighted by atomic mass is 35.5. The third kappa shape index (κ3) is 3.01. The number of sulfonamides is 1. The molecule has 0 atom stereocenters. The highest BCUT2D eigenvalue weighted by Gasteiger charge is 2.29. The summed E-state index contributed by atoms with van der Waals surface area (Å²) in [4.78, 5) is 5.79. The number of aliphatic hydroxyl groups is 1. The lowest BCUT2D eigenvalue weighted by molar-refractivity contribution is 0.151. The number of piperazine rings is 1. The molecular weight excluding hydrogens is 298 g/mol. The number of nitrogens with zero attached hydrogens (tertiary/aromatic N) is 3. The van der Waals surface area contributed by atoms with E-state index in [0.29, 0.717) is 32.7 Å². The van der Waals surface area contributed by atoms with Crippen LogP contribution in [-0.4, -0.2) is 67.0 Å². The molecule has 102 valence electrons. The molecular formula is C9H14ClN3O3S2. The summed E-state index contributed by atoms with van der Waals surface area (Å²) in [6.07, 6.45) is 1.29. The van der Waals surface area contributed by atoms with Gasteiger partial charge < -0.3 is 5.11 Å². The summed E-state index contributed by atoms with van der Waals surface area (Å²) in [5.41, 5.74) is 0. The average Bonchev–Trinajstić information content (AvgIpc) is 2.78. The normalized spacial score (nSPS) is 19.2. The highest BCUT2D eigenvalue weighted by molar-refractivity contribution is 7.91. The smallest absolute Gasteiger partial charge is 0.254 e. The first-order valence-electron chi connectivity index (χ1n) is 5.49. The predicted octanol–water partition coefficient (Wildman–Crippen LogP) is 0.0951. The van der Waals surface area contributed by atoms with Crippen molar-refractivity contribution in [1.29, 1.82) is 0 Å². The molecule has 1 aromatic rings. The monoisotopic (exact) mass is 311 g/mol. The molecule has 0 radical (unpaired) electrons. The largest absolute Gasteiger partial charge is 0.395 e. The molecule has 18 heavy (non-hydrogen) atoms. The topological polar surface area (TPSA) is 73.7 Å². The quantitative estimate of drug-likeness (QED) is 0.853. The fourth-order valence-electron chi connectivity index (χ4n) is 1.82. The fourth-order valence-corrected chi connectivity index (χ4v) is 4.69. The van der Waals surface area contributed by atoms with Gasteiger partial charge in [0.25, 0.3) is 10.0 Å². The average molecular weight is 312 g/mol. The first-order valence-corrected chi connectivity index (χ1v) is 8.12. The Kier molecular flexibility index (Phi) is 4.57. The minimum Gasteiger partial charge on any atom is -0.395 e. The minimum absolute atomic E-state index is 0.0944. The molecule has 1 fully saturated rings. The van der Waals surface area contributed by atoms with E-state index in [2.05, 4.69) is 4.98 Å². The number of aromatic nitrogens is 1. The second-order valence-corrected chi connectivity index (χ2v) is 7.68. The Morgan fingerprint density at radius 1 is 1.39 bits per heavy atom. The second-order valence-electron chi connectivity index (χ2n) is 3.90. The van der Waals surface area contributed by atoms with Gasteiger partial charge in [-0.15, -0.1) is 0 Å². The summed E-state index contributed by atoms with van der Waals surface area (Å²) >= 11 is 6.63. The van der Waals surface area contributed by atoms with Crippen molar-refractivity contribution in [3.05, 3.63) is 10.7 Å². The Bertz CT molecular complexity index is 497. The van der Waals surface area contributed by atoms with E-state index in [0.717, 1.165) is 11.3 Å². The zero-order valence-electron chi connectivity index (χ0n) is 9.62. The van der Waals surface area contributed by atoms with E-state index >= 15 is 0 Å². The number of halogens is 1. The Balaban J connectivity index is 2.05. The van der Waals surface area contributed by atoms with Crippen LogP contribution in [0.5, 0.6) is 0 Å². The molecule has 2 heterocycles. The van der Waals surface area contributed by atoms with Gasteiger partial charge >= 0.3 is 0 Å². The van der Waals surface area contributed by atoms with E-state index in [1.807, 2.05) is 4.90 Å². The molecule has 6 nitrogen and oxygen atoms in total. The summed E-state index contributed by atoms with van der Waals surface area (Å²) in [5, 5.41) is 8.83. The van der Waals surface area contributed by atoms with Crippen molar-refractivity contribution in [2.24, 2.45) is 0 Å². The number of aliphatic hydroxyl groups excluding tert-OH is 1. The third-order valence-corrected chi connectivity index (χ3v) is 6.25. The van der Waals surface area contributed by atoms with Crippen LogP contribution in [0.4, 0.5) is 0 Å². The van der Waals surface area contributed by atoms with Crippen molar-refractivity contribution in [2.75, 3.05) is 39.3 Å². The maximum Gasteiger partial charge on any atom is 0.254 e. The standard InChI is InChI=1S/C9H14ClN3O3S2/c10-9-11-7-8(17-9)18(15,16)13-3-1-12(2-4-13)5-6-14/h7,14H,1-6H2. The van der Waals surface area contributed by atoms with Crippen LogP contribution >= 0.6 is 22.9 Å². The molecule has 0 unspecified atom stereocenters. The molecule has 0 aromatic carbocycles. The van der Waals surface area contributed by atoms with E-state index in [1.165, 1.54) is 10.5 Å². The van der Waals surface area contributed by atoms with E-state index in [-0.39, 0.29) is 15.3 Å². The van der Waals surface area contributed by atoms with Crippen molar-refractivity contribution in [2.45, 2.75) is 4.21 Å². The number of hydrogen-bond donors (Lipinski definition) is 1. The SMILES string of the molecule is O=S(=O)(c1cnc(Cl)s1)N1CCN(CCO)CC1. The Morgan fingerprint density at radius 3 is 2.56 bits per heavy atom. The molecule has 1 aliphatic rings. The lowest BCUT2D eigenvalue weighted by Crippen LogP contribution is -2.49. The molecule has 0 amide bonds. The van der Waals surface area contributed by atoms with Crippen LogP contribution in [0.2, 0.25) is 4.47 Å². The van der Waals surface area contributed by atoms with Gasteiger partial charge in [-0.05, 0) is 0 Å². The van der Waals surface area contributed by atoms with Crippen LogP contribution in [-0.2, 0) is 10.0 Å². The van der Waals surface area contributed by atoms with Gasteiger partial charge in [0, 0.05) is 32.7 Å². The summed E-state index contributed by atoms with van der Waals surface area (Å²) in [6, 6.07) is 0. The maximum atomic E-state index is 12.2. The minimum atomic E-state index is -3.46. The highest BCUT2D eigenvalue weighted by Crippen LogP contribution is 2.26. The fraction of sp³-hybridized carbons (Fsp3) is 0.667. The third-order valence-electron chi connectivity index (χ3n) is 2.80. The van der Waals surface area contributed by atoms with Crippen LogP contribution in [0.25, 0.3) is 0 Å². The molecule has 1 saturated heterocycles. The van der Waals surface area contributed by atoms with Crippen LogP contribution < -0.4 is 0 Å². The number of β-amino-alcohol motifs (C(OH)–C–C–N with tert-alkyl or cyclic N) is 1. The molecule has 0 saturated carbocycles. The summed E-state index contributed by atoms with van der Waals surface area (Å²) in [5.74, 6) is 0. The van der Waals surface area contributed by atoms with Gasteiger partial charge in [-0.2, -0.15) is 4.31 Å². The number of hydrogen-bond acceptors (Lipinski definition) is 6. The summed E-state index contributed by atoms with van der Waals surface area (Å²) < 4.78 is 26.3. The lowest BCUT2D eigenvalue weighted by Gasteiger charge is -2.33. The van der Waals surface area contributed by atoms with Gasteiger partial charge in [0.05, 0.1) is 12.8 Å². The first-order chi connectivity index (χ1) is 8.54. The molecule has 2 rings (SSSR count). The summed E-state index contributed by atoms with van der Waals surface area (Å²) in [7, 11) is -3.46. The van der Waals surface area contributed by atoms with Crippen molar-refractivity contribution in [3.63, 3.8) is 0 Å². The Hall–Kier alpha value is -0.250. The van der Waals surface area contributed by atoms with Gasteiger partial charge in [0.15, 0.2) is 8.68 Å². The van der Waals surface area contributed by atoms with Gasteiger partial charge in [-0.25, -0.2) is 13.4 Å². The molecule has 1 aromatic heterocycles. The van der Waals surface area contributed by atoms with Crippen LogP contribution in [0.3, 0.4) is 0 Å². The number of thiazole rings is 1. The Labute approximate surface area is 115 Å². The van der Waals surface area contributed by atoms with Gasteiger partial charge in [0.2, 0.25) is 0 Å². The van der Waals surface area contributed by atoms with Crippen LogP contribution in [0.1, 0.15) is 0 Å². The zero-order valence-corrected chi connectivity index (χ0v) is 12.0. The van der Waals surface area contributed by atoms with Crippen molar-refractivity contribution in [3.8, 4) is 0 Å². The van der Waals surface area contributed by atoms with Gasteiger partial charge in [-0.1, -0.05) is 22.9 Å². The molecule has 0 bridgehead atoms. The molecule has 9 heteroatoms. The predicted molar refractivity (Wildman–Crippen MR) is 69.4 cm³/mol. The molecule has 1 N–H and O–H groups in total. The van der Waals surface area contributed by atoms with E-state index < -0.39 is 10.0 Å². The lowest BCUT2D eigenvalue weighted by atomic mass is 10.4. The van der Waals surface area contributed by atoms with Crippen molar-refractivity contribution in [1.82, 2.24) is 14.2 Å².